The lowest BCUT2D eigenvalue weighted by atomic mass is 10.1. The van der Waals surface area contributed by atoms with Gasteiger partial charge >= 0.3 is 6.09 Å². The Bertz CT molecular complexity index is 979. The van der Waals surface area contributed by atoms with Gasteiger partial charge in [-0.25, -0.2) is 4.79 Å². The largest absolute Gasteiger partial charge is 0.508 e. The molecular weight excluding hydrogens is 396 g/mol. The molecule has 4 rings (SSSR count). The molecule has 1 N–H and O–H groups in total. The van der Waals surface area contributed by atoms with E-state index in [2.05, 4.69) is 9.88 Å². The van der Waals surface area contributed by atoms with Crippen LogP contribution in [0, 0.1) is 5.92 Å². The highest BCUT2D eigenvalue weighted by Crippen LogP contribution is 2.29. The molecule has 8 heteroatoms. The SMILES string of the molecule is CC(C)(C)OC(=O)N1CC[C@H](C(=O)N2CCN(c3ccnc4cc(O)ccc34)CC2)C1. The maximum Gasteiger partial charge on any atom is 0.410 e. The molecular formula is C23H30N4O4. The first-order valence-electron chi connectivity index (χ1n) is 10.8. The van der Waals surface area contributed by atoms with Crippen LogP contribution in [0.25, 0.3) is 10.9 Å². The van der Waals surface area contributed by atoms with E-state index in [4.69, 9.17) is 4.74 Å². The summed E-state index contributed by atoms with van der Waals surface area (Å²) < 4.78 is 5.44. The van der Waals surface area contributed by atoms with Crippen LogP contribution in [0.5, 0.6) is 5.75 Å². The van der Waals surface area contributed by atoms with Crippen molar-refractivity contribution >= 4 is 28.6 Å². The molecule has 2 aliphatic heterocycles. The van der Waals surface area contributed by atoms with Crippen molar-refractivity contribution in [3.05, 3.63) is 30.5 Å². The van der Waals surface area contributed by atoms with Crippen LogP contribution in [0.15, 0.2) is 30.5 Å². The van der Waals surface area contributed by atoms with Crippen molar-refractivity contribution in [2.24, 2.45) is 5.92 Å². The number of phenols is 1. The first-order chi connectivity index (χ1) is 14.7. The number of aromatic hydroxyl groups is 1. The smallest absolute Gasteiger partial charge is 0.410 e. The fraction of sp³-hybridized carbons (Fsp3) is 0.522. The Morgan fingerprint density at radius 1 is 1.06 bits per heavy atom. The quantitative estimate of drug-likeness (QED) is 0.795. The number of hydrogen-bond donors (Lipinski definition) is 1. The highest BCUT2D eigenvalue weighted by Gasteiger charge is 2.36. The van der Waals surface area contributed by atoms with Gasteiger partial charge in [0, 0.05) is 62.6 Å². The van der Waals surface area contributed by atoms with E-state index >= 15 is 0 Å². The number of rotatable bonds is 2. The van der Waals surface area contributed by atoms with Crippen LogP contribution in [-0.2, 0) is 9.53 Å². The third-order valence-electron chi connectivity index (χ3n) is 5.82. The van der Waals surface area contributed by atoms with Crippen LogP contribution >= 0.6 is 0 Å². The number of phenolic OH excluding ortho intramolecular Hbond substituents is 1. The third kappa shape index (κ3) is 4.68. The number of nitrogens with zero attached hydrogens (tertiary/aromatic N) is 4. The Morgan fingerprint density at radius 3 is 2.52 bits per heavy atom. The van der Waals surface area contributed by atoms with Gasteiger partial charge in [-0.3, -0.25) is 9.78 Å². The van der Waals surface area contributed by atoms with Gasteiger partial charge in [0.15, 0.2) is 0 Å². The van der Waals surface area contributed by atoms with E-state index in [0.29, 0.717) is 32.6 Å². The summed E-state index contributed by atoms with van der Waals surface area (Å²) in [5.41, 5.74) is 1.28. The van der Waals surface area contributed by atoms with Crippen molar-refractivity contribution in [2.45, 2.75) is 32.8 Å². The molecule has 8 nitrogen and oxygen atoms in total. The van der Waals surface area contributed by atoms with Crippen molar-refractivity contribution in [1.82, 2.24) is 14.8 Å². The van der Waals surface area contributed by atoms with Gasteiger partial charge in [-0.1, -0.05) is 0 Å². The number of carbonyl (C=O) groups is 2. The van der Waals surface area contributed by atoms with Gasteiger partial charge in [-0.15, -0.1) is 0 Å². The maximum atomic E-state index is 13.0. The van der Waals surface area contributed by atoms with Crippen LogP contribution < -0.4 is 4.90 Å². The monoisotopic (exact) mass is 426 g/mol. The van der Waals surface area contributed by atoms with E-state index < -0.39 is 5.60 Å². The average molecular weight is 427 g/mol. The van der Waals surface area contributed by atoms with Crippen molar-refractivity contribution in [3.63, 3.8) is 0 Å². The predicted octanol–water partition coefficient (Wildman–Crippen LogP) is 2.85. The lowest BCUT2D eigenvalue weighted by Crippen LogP contribution is -2.51. The Balaban J connectivity index is 1.35. The van der Waals surface area contributed by atoms with E-state index in [0.717, 1.165) is 29.7 Å². The molecule has 2 aliphatic rings. The number of ether oxygens (including phenoxy) is 1. The first-order valence-corrected chi connectivity index (χ1v) is 10.8. The zero-order valence-corrected chi connectivity index (χ0v) is 18.4. The predicted molar refractivity (Wildman–Crippen MR) is 118 cm³/mol. The van der Waals surface area contributed by atoms with E-state index in [1.807, 2.05) is 37.8 Å². The van der Waals surface area contributed by atoms with Gasteiger partial charge in [0.25, 0.3) is 0 Å². The summed E-state index contributed by atoms with van der Waals surface area (Å²) in [4.78, 5) is 35.5. The number of likely N-dealkylation sites (tertiary alicyclic amines) is 1. The fourth-order valence-electron chi connectivity index (χ4n) is 4.28. The summed E-state index contributed by atoms with van der Waals surface area (Å²) in [6.07, 6.45) is 2.08. The van der Waals surface area contributed by atoms with E-state index in [1.165, 1.54) is 0 Å². The lowest BCUT2D eigenvalue weighted by Gasteiger charge is -2.37. The number of fused-ring (bicyclic) bond motifs is 1. The number of hydrogen-bond acceptors (Lipinski definition) is 6. The summed E-state index contributed by atoms with van der Waals surface area (Å²) in [5.74, 6) is 0.156. The van der Waals surface area contributed by atoms with Crippen molar-refractivity contribution in [1.29, 1.82) is 0 Å². The molecule has 1 aromatic heterocycles. The minimum Gasteiger partial charge on any atom is -0.508 e. The zero-order valence-electron chi connectivity index (χ0n) is 18.4. The van der Waals surface area contributed by atoms with Gasteiger partial charge < -0.3 is 24.5 Å². The van der Waals surface area contributed by atoms with Gasteiger partial charge in [0.1, 0.15) is 11.4 Å². The molecule has 2 saturated heterocycles. The lowest BCUT2D eigenvalue weighted by molar-refractivity contribution is -0.135. The molecule has 166 valence electrons. The maximum absolute atomic E-state index is 13.0. The summed E-state index contributed by atoms with van der Waals surface area (Å²) >= 11 is 0. The second kappa shape index (κ2) is 8.24. The summed E-state index contributed by atoms with van der Waals surface area (Å²) in [6, 6.07) is 7.19. The molecule has 1 atom stereocenters. The third-order valence-corrected chi connectivity index (χ3v) is 5.82. The molecule has 2 aromatic rings. The Hall–Kier alpha value is -3.03. The standard InChI is InChI=1S/C23H30N4O4/c1-23(2,3)31-22(30)27-9-7-16(15-27)21(29)26-12-10-25(11-13-26)20-6-8-24-19-14-17(28)4-5-18(19)20/h4-6,8,14,16,28H,7,9-13,15H2,1-3H3/t16-/m0/s1. The fourth-order valence-corrected chi connectivity index (χ4v) is 4.28. The second-order valence-electron chi connectivity index (χ2n) is 9.26. The van der Waals surface area contributed by atoms with E-state index in [1.54, 1.807) is 23.2 Å². The topological polar surface area (TPSA) is 86.2 Å². The van der Waals surface area contributed by atoms with Crippen molar-refractivity contribution in [2.75, 3.05) is 44.2 Å². The van der Waals surface area contributed by atoms with Gasteiger partial charge in [0.2, 0.25) is 5.91 Å². The second-order valence-corrected chi connectivity index (χ2v) is 9.26. The minimum atomic E-state index is -0.536. The summed E-state index contributed by atoms with van der Waals surface area (Å²) in [7, 11) is 0. The summed E-state index contributed by atoms with van der Waals surface area (Å²) in [5, 5.41) is 10.7. The Labute approximate surface area is 182 Å². The number of benzene rings is 1. The molecule has 31 heavy (non-hydrogen) atoms. The van der Waals surface area contributed by atoms with E-state index in [9.17, 15) is 14.7 Å². The molecule has 3 heterocycles. The van der Waals surface area contributed by atoms with Crippen LogP contribution in [0.1, 0.15) is 27.2 Å². The molecule has 0 spiro atoms. The number of amides is 2. The molecule has 0 aliphatic carbocycles. The average Bonchev–Trinajstić information content (AvgIpc) is 3.22. The normalized spacial score (nSPS) is 19.7. The molecule has 0 radical (unpaired) electrons. The molecule has 2 fully saturated rings. The van der Waals surface area contributed by atoms with Crippen LogP contribution in [0.4, 0.5) is 10.5 Å². The minimum absolute atomic E-state index is 0.121. The van der Waals surface area contributed by atoms with Crippen molar-refractivity contribution in [3.8, 4) is 5.75 Å². The molecule has 2 amide bonds. The number of anilines is 1. The Morgan fingerprint density at radius 2 is 1.81 bits per heavy atom. The van der Waals surface area contributed by atoms with Crippen LogP contribution in [0.2, 0.25) is 0 Å². The van der Waals surface area contributed by atoms with Crippen molar-refractivity contribution < 1.29 is 19.4 Å². The highest BCUT2D eigenvalue weighted by molar-refractivity contribution is 5.92. The molecule has 0 bridgehead atoms. The van der Waals surface area contributed by atoms with Gasteiger partial charge in [-0.05, 0) is 45.4 Å². The van der Waals surface area contributed by atoms with Crippen LogP contribution in [-0.4, -0.2) is 76.8 Å². The summed E-state index contributed by atoms with van der Waals surface area (Å²) in [6.45, 7) is 9.26. The molecule has 1 aromatic carbocycles. The molecule has 0 saturated carbocycles. The number of aromatic nitrogens is 1. The number of carbonyl (C=O) groups excluding carboxylic acids is 2. The van der Waals surface area contributed by atoms with Crippen LogP contribution in [0.3, 0.4) is 0 Å². The highest BCUT2D eigenvalue weighted by atomic mass is 16.6. The van der Waals surface area contributed by atoms with Gasteiger partial charge in [-0.2, -0.15) is 0 Å². The number of pyridine rings is 1. The number of piperazine rings is 1. The molecule has 0 unspecified atom stereocenters. The zero-order chi connectivity index (χ0) is 22.2. The van der Waals surface area contributed by atoms with Gasteiger partial charge in [0.05, 0.1) is 11.4 Å². The van der Waals surface area contributed by atoms with E-state index in [-0.39, 0.29) is 23.7 Å². The Kier molecular flexibility index (Phi) is 5.64. The first kappa shape index (κ1) is 21.2.